The van der Waals surface area contributed by atoms with Gasteiger partial charge in [0, 0.05) is 11.8 Å². The molecule has 0 saturated carbocycles. The zero-order valence-electron chi connectivity index (χ0n) is 9.44. The molecule has 0 saturated heterocycles. The normalized spacial score (nSPS) is 9.94. The molecule has 1 aromatic carbocycles. The van der Waals surface area contributed by atoms with Gasteiger partial charge in [-0.2, -0.15) is 14.0 Å². The number of nitrogen functional groups attached to an aromatic ring is 1. The number of esters is 1. The lowest BCUT2D eigenvalue weighted by atomic mass is 10.1. The third-order valence-corrected chi connectivity index (χ3v) is 2.14. The Morgan fingerprint density at radius 2 is 2.22 bits per heavy atom. The van der Waals surface area contributed by atoms with Gasteiger partial charge in [0.05, 0.1) is 19.1 Å². The smallest absolute Gasteiger partial charge is 0.387 e. The second-order valence-electron chi connectivity index (χ2n) is 3.29. The number of nitrogens with two attached hydrogens (primary N) is 1. The first kappa shape index (κ1) is 13.7. The molecule has 96 valence electrons. The summed E-state index contributed by atoms with van der Waals surface area (Å²) >= 11 is 0. The summed E-state index contributed by atoms with van der Waals surface area (Å²) in [5.41, 5.74) is 5.86. The van der Waals surface area contributed by atoms with Gasteiger partial charge in [-0.05, 0) is 11.6 Å². The number of ether oxygens (including phenoxy) is 2. The quantitative estimate of drug-likeness (QED) is 0.651. The lowest BCUT2D eigenvalue weighted by molar-refractivity contribution is -0.139. The summed E-state index contributed by atoms with van der Waals surface area (Å²) in [5.74, 6) is -0.869. The minimum Gasteiger partial charge on any atom is -0.469 e. The van der Waals surface area contributed by atoms with Gasteiger partial charge in [-0.3, -0.25) is 4.79 Å². The fourth-order valence-electron chi connectivity index (χ4n) is 1.30. The van der Waals surface area contributed by atoms with Crippen LogP contribution in [0.5, 0.6) is 5.75 Å². The van der Waals surface area contributed by atoms with Crippen molar-refractivity contribution in [2.75, 3.05) is 12.8 Å². The number of hydrogen-bond donors (Lipinski definition) is 1. The molecular formula is C11H10F2N2O3. The van der Waals surface area contributed by atoms with Gasteiger partial charge in [0.1, 0.15) is 11.8 Å². The number of methoxy groups -OCH3 is 1. The van der Waals surface area contributed by atoms with Crippen LogP contribution in [0.1, 0.15) is 11.1 Å². The second-order valence-corrected chi connectivity index (χ2v) is 3.29. The van der Waals surface area contributed by atoms with Gasteiger partial charge in [-0.15, -0.1) is 0 Å². The van der Waals surface area contributed by atoms with Crippen LogP contribution < -0.4 is 10.5 Å². The van der Waals surface area contributed by atoms with E-state index in [1.165, 1.54) is 13.2 Å². The lowest BCUT2D eigenvalue weighted by Gasteiger charge is -2.10. The Kier molecular flexibility index (Phi) is 4.43. The van der Waals surface area contributed by atoms with E-state index in [9.17, 15) is 13.6 Å². The van der Waals surface area contributed by atoms with Crippen LogP contribution in [-0.2, 0) is 16.0 Å². The summed E-state index contributed by atoms with van der Waals surface area (Å²) in [4.78, 5) is 11.1. The topological polar surface area (TPSA) is 85.3 Å². The Hall–Kier alpha value is -2.36. The zero-order chi connectivity index (χ0) is 13.7. The molecule has 0 spiro atoms. The number of carbonyl (C=O) groups excluding carboxylic acids is 1. The monoisotopic (exact) mass is 256 g/mol. The number of nitrogens with zero attached hydrogens (tertiary/aromatic N) is 1. The van der Waals surface area contributed by atoms with E-state index >= 15 is 0 Å². The van der Waals surface area contributed by atoms with Crippen LogP contribution in [0.4, 0.5) is 14.5 Å². The van der Waals surface area contributed by atoms with Gasteiger partial charge in [0.2, 0.25) is 0 Å². The first-order valence-corrected chi connectivity index (χ1v) is 4.82. The summed E-state index contributed by atoms with van der Waals surface area (Å²) in [6, 6.07) is 4.01. The highest BCUT2D eigenvalue weighted by Gasteiger charge is 2.15. The summed E-state index contributed by atoms with van der Waals surface area (Å²) in [6.45, 7) is -3.05. The van der Waals surface area contributed by atoms with Crippen LogP contribution in [-0.4, -0.2) is 19.7 Å². The number of benzene rings is 1. The molecule has 0 aromatic heterocycles. The predicted molar refractivity (Wildman–Crippen MR) is 57.9 cm³/mol. The van der Waals surface area contributed by atoms with Crippen molar-refractivity contribution in [2.45, 2.75) is 13.0 Å². The van der Waals surface area contributed by atoms with Gasteiger partial charge in [0.15, 0.2) is 0 Å². The van der Waals surface area contributed by atoms with Crippen molar-refractivity contribution in [2.24, 2.45) is 0 Å². The summed E-state index contributed by atoms with van der Waals surface area (Å²) in [7, 11) is 1.21. The molecule has 0 radical (unpaired) electrons. The molecule has 0 heterocycles. The van der Waals surface area contributed by atoms with Crippen LogP contribution in [0.15, 0.2) is 12.1 Å². The maximum Gasteiger partial charge on any atom is 0.387 e. The molecule has 0 amide bonds. The van der Waals surface area contributed by atoms with E-state index in [1.807, 2.05) is 0 Å². The third-order valence-electron chi connectivity index (χ3n) is 2.14. The van der Waals surface area contributed by atoms with Gasteiger partial charge < -0.3 is 15.2 Å². The summed E-state index contributed by atoms with van der Waals surface area (Å²) in [6.07, 6.45) is -0.147. The van der Waals surface area contributed by atoms with E-state index in [0.717, 1.165) is 6.07 Å². The molecule has 2 N–H and O–H groups in total. The zero-order valence-corrected chi connectivity index (χ0v) is 9.44. The Morgan fingerprint density at radius 3 is 2.72 bits per heavy atom. The van der Waals surface area contributed by atoms with Crippen LogP contribution >= 0.6 is 0 Å². The van der Waals surface area contributed by atoms with Crippen LogP contribution in [0, 0.1) is 11.3 Å². The molecule has 7 heteroatoms. The maximum absolute atomic E-state index is 12.1. The molecule has 0 aliphatic rings. The average Bonchev–Trinajstić information content (AvgIpc) is 2.31. The second kappa shape index (κ2) is 5.82. The summed E-state index contributed by atoms with van der Waals surface area (Å²) < 4.78 is 32.8. The fourth-order valence-corrected chi connectivity index (χ4v) is 1.30. The number of nitriles is 1. The van der Waals surface area contributed by atoms with Crippen molar-refractivity contribution in [1.82, 2.24) is 0 Å². The molecule has 5 nitrogen and oxygen atoms in total. The minimum absolute atomic E-state index is 0.0788. The number of anilines is 1. The maximum atomic E-state index is 12.1. The Morgan fingerprint density at radius 1 is 1.56 bits per heavy atom. The van der Waals surface area contributed by atoms with Crippen molar-refractivity contribution in [3.8, 4) is 11.8 Å². The van der Waals surface area contributed by atoms with Gasteiger partial charge in [0.25, 0.3) is 0 Å². The SMILES string of the molecule is COC(=O)Cc1cc(C#N)c(OC(F)F)cc1N. The fraction of sp³-hybridized carbons (Fsp3) is 0.273. The van der Waals surface area contributed by atoms with Crippen molar-refractivity contribution < 1.29 is 23.0 Å². The highest BCUT2D eigenvalue weighted by molar-refractivity contribution is 5.75. The number of hydrogen-bond acceptors (Lipinski definition) is 5. The standard InChI is InChI=1S/C11H10F2N2O3/c1-17-10(16)3-6-2-7(5-14)9(4-8(6)15)18-11(12)13/h2,4,11H,3,15H2,1H3. The van der Waals surface area contributed by atoms with E-state index in [-0.39, 0.29) is 23.4 Å². The van der Waals surface area contributed by atoms with Crippen molar-refractivity contribution >= 4 is 11.7 Å². The third kappa shape index (κ3) is 3.31. The number of carbonyl (C=O) groups is 1. The van der Waals surface area contributed by atoms with E-state index in [0.29, 0.717) is 5.56 Å². The molecule has 0 fully saturated rings. The molecule has 18 heavy (non-hydrogen) atoms. The Labute approximate surface area is 102 Å². The van der Waals surface area contributed by atoms with Crippen LogP contribution in [0.2, 0.25) is 0 Å². The Balaban J connectivity index is 3.11. The van der Waals surface area contributed by atoms with Crippen molar-refractivity contribution in [3.05, 3.63) is 23.3 Å². The van der Waals surface area contributed by atoms with Gasteiger partial charge in [-0.1, -0.05) is 0 Å². The first-order valence-electron chi connectivity index (χ1n) is 4.82. The molecule has 0 bridgehead atoms. The largest absolute Gasteiger partial charge is 0.469 e. The van der Waals surface area contributed by atoms with Gasteiger partial charge in [-0.25, -0.2) is 0 Å². The highest BCUT2D eigenvalue weighted by atomic mass is 19.3. The lowest BCUT2D eigenvalue weighted by Crippen LogP contribution is -2.09. The molecule has 0 aliphatic heterocycles. The molecule has 0 atom stereocenters. The number of alkyl halides is 2. The molecular weight excluding hydrogens is 246 g/mol. The molecule has 1 aromatic rings. The number of rotatable bonds is 4. The highest BCUT2D eigenvalue weighted by Crippen LogP contribution is 2.27. The van der Waals surface area contributed by atoms with E-state index in [1.54, 1.807) is 6.07 Å². The van der Waals surface area contributed by atoms with Gasteiger partial charge >= 0.3 is 12.6 Å². The van der Waals surface area contributed by atoms with Crippen LogP contribution in [0.3, 0.4) is 0 Å². The number of halogens is 2. The van der Waals surface area contributed by atoms with E-state index in [4.69, 9.17) is 11.0 Å². The minimum atomic E-state index is -3.05. The van der Waals surface area contributed by atoms with Crippen LogP contribution in [0.25, 0.3) is 0 Å². The Bertz CT molecular complexity index is 498. The molecule has 0 unspecified atom stereocenters. The van der Waals surface area contributed by atoms with E-state index in [2.05, 4.69) is 9.47 Å². The van der Waals surface area contributed by atoms with Crippen molar-refractivity contribution in [3.63, 3.8) is 0 Å². The first-order chi connectivity index (χ1) is 8.47. The molecule has 1 rings (SSSR count). The molecule has 0 aliphatic carbocycles. The summed E-state index contributed by atoms with van der Waals surface area (Å²) in [5, 5.41) is 8.81. The van der Waals surface area contributed by atoms with Crippen molar-refractivity contribution in [1.29, 1.82) is 5.26 Å². The average molecular weight is 256 g/mol. The predicted octanol–water partition coefficient (Wildman–Crippen LogP) is 1.46. The van der Waals surface area contributed by atoms with E-state index < -0.39 is 12.6 Å².